The summed E-state index contributed by atoms with van der Waals surface area (Å²) in [5, 5.41) is 12.4. The highest BCUT2D eigenvalue weighted by Crippen LogP contribution is 2.21. The molecule has 0 spiro atoms. The first kappa shape index (κ1) is 11.7. The summed E-state index contributed by atoms with van der Waals surface area (Å²) in [4.78, 5) is 22.7. The fourth-order valence-electron chi connectivity index (χ4n) is 1.04. The maximum Gasteiger partial charge on any atom is 0.347 e. The van der Waals surface area contributed by atoms with Crippen molar-refractivity contribution in [3.63, 3.8) is 0 Å². The van der Waals surface area contributed by atoms with E-state index in [0.29, 0.717) is 21.8 Å². The Morgan fingerprint density at radius 3 is 2.82 bits per heavy atom. The minimum absolute atomic E-state index is 0.151. The number of carboxylic acids is 1. The molecule has 0 amide bonds. The average molecular weight is 271 g/mol. The Kier molecular flexibility index (Phi) is 3.21. The first-order valence-corrected chi connectivity index (χ1v) is 5.71. The van der Waals surface area contributed by atoms with E-state index in [2.05, 4.69) is 20.3 Å². The van der Waals surface area contributed by atoms with Gasteiger partial charge in [0.25, 0.3) is 0 Å². The molecule has 2 aromatic heterocycles. The van der Waals surface area contributed by atoms with Crippen LogP contribution in [0.3, 0.4) is 0 Å². The standard InChI is InChI=1S/C9H7ClN4O2S/c1-4-5(10)2-11-8(13-4)14-9-12-3-6(17-9)7(15)16/h2-3H,1H3,(H,15,16)(H,11,12,13,14). The highest BCUT2D eigenvalue weighted by Gasteiger charge is 2.09. The van der Waals surface area contributed by atoms with Gasteiger partial charge in [-0.1, -0.05) is 22.9 Å². The van der Waals surface area contributed by atoms with Gasteiger partial charge < -0.3 is 10.4 Å². The van der Waals surface area contributed by atoms with Crippen LogP contribution in [0.4, 0.5) is 11.1 Å². The monoisotopic (exact) mass is 270 g/mol. The van der Waals surface area contributed by atoms with Gasteiger partial charge in [-0.05, 0) is 6.92 Å². The molecule has 2 heterocycles. The van der Waals surface area contributed by atoms with Gasteiger partial charge >= 0.3 is 5.97 Å². The summed E-state index contributed by atoms with van der Waals surface area (Å²) in [5.41, 5.74) is 0.638. The van der Waals surface area contributed by atoms with E-state index in [1.54, 1.807) is 6.92 Å². The number of thiazole rings is 1. The Balaban J connectivity index is 2.19. The topological polar surface area (TPSA) is 88.0 Å². The zero-order valence-electron chi connectivity index (χ0n) is 8.64. The van der Waals surface area contributed by atoms with Crippen molar-refractivity contribution < 1.29 is 9.90 Å². The summed E-state index contributed by atoms with van der Waals surface area (Å²) in [6.45, 7) is 1.75. The first-order valence-electron chi connectivity index (χ1n) is 4.51. The maximum absolute atomic E-state index is 10.7. The van der Waals surface area contributed by atoms with Gasteiger partial charge in [-0.3, -0.25) is 0 Å². The van der Waals surface area contributed by atoms with Gasteiger partial charge in [-0.15, -0.1) is 0 Å². The summed E-state index contributed by atoms with van der Waals surface area (Å²) in [6, 6.07) is 0. The van der Waals surface area contributed by atoms with E-state index in [0.717, 1.165) is 11.3 Å². The largest absolute Gasteiger partial charge is 0.477 e. The van der Waals surface area contributed by atoms with Crippen LogP contribution in [0, 0.1) is 6.92 Å². The summed E-state index contributed by atoms with van der Waals surface area (Å²) in [6.07, 6.45) is 2.75. The quantitative estimate of drug-likeness (QED) is 0.890. The summed E-state index contributed by atoms with van der Waals surface area (Å²) in [7, 11) is 0. The van der Waals surface area contributed by atoms with Gasteiger partial charge in [0.1, 0.15) is 4.88 Å². The fraction of sp³-hybridized carbons (Fsp3) is 0.111. The van der Waals surface area contributed by atoms with Crippen molar-refractivity contribution in [2.24, 2.45) is 0 Å². The van der Waals surface area contributed by atoms with Crippen LogP contribution in [0.25, 0.3) is 0 Å². The molecule has 2 aromatic rings. The van der Waals surface area contributed by atoms with Crippen LogP contribution >= 0.6 is 22.9 Å². The fourth-order valence-corrected chi connectivity index (χ4v) is 1.78. The van der Waals surface area contributed by atoms with Crippen LogP contribution in [-0.4, -0.2) is 26.0 Å². The highest BCUT2D eigenvalue weighted by atomic mass is 35.5. The third kappa shape index (κ3) is 2.69. The Hall–Kier alpha value is -1.73. The van der Waals surface area contributed by atoms with Crippen molar-refractivity contribution >= 4 is 40.0 Å². The van der Waals surface area contributed by atoms with Crippen molar-refractivity contribution in [1.29, 1.82) is 0 Å². The van der Waals surface area contributed by atoms with Gasteiger partial charge in [0.15, 0.2) is 5.13 Å². The van der Waals surface area contributed by atoms with Crippen molar-refractivity contribution in [1.82, 2.24) is 15.0 Å². The van der Waals surface area contributed by atoms with Gasteiger partial charge in [-0.2, -0.15) is 0 Å². The van der Waals surface area contributed by atoms with E-state index in [1.807, 2.05) is 0 Å². The maximum atomic E-state index is 10.7. The number of hydrogen-bond acceptors (Lipinski definition) is 6. The molecule has 0 aliphatic heterocycles. The number of carbonyl (C=O) groups is 1. The van der Waals surface area contributed by atoms with Gasteiger partial charge in [0.2, 0.25) is 5.95 Å². The number of anilines is 2. The van der Waals surface area contributed by atoms with E-state index in [-0.39, 0.29) is 4.88 Å². The van der Waals surface area contributed by atoms with E-state index in [9.17, 15) is 4.79 Å². The van der Waals surface area contributed by atoms with Crippen LogP contribution in [0.2, 0.25) is 5.02 Å². The molecule has 8 heteroatoms. The molecule has 2 N–H and O–H groups in total. The molecule has 0 aromatic carbocycles. The summed E-state index contributed by atoms with van der Waals surface area (Å²) < 4.78 is 0. The zero-order chi connectivity index (χ0) is 12.4. The molecule has 0 fully saturated rings. The molecule has 0 saturated carbocycles. The molecule has 6 nitrogen and oxygen atoms in total. The lowest BCUT2D eigenvalue weighted by molar-refractivity contribution is 0.0702. The van der Waals surface area contributed by atoms with Crippen molar-refractivity contribution in [2.45, 2.75) is 6.92 Å². The molecule has 17 heavy (non-hydrogen) atoms. The summed E-state index contributed by atoms with van der Waals surface area (Å²) >= 11 is 6.80. The number of aromatic nitrogens is 3. The van der Waals surface area contributed by atoms with Gasteiger partial charge in [-0.25, -0.2) is 19.7 Å². The predicted molar refractivity (Wildman–Crippen MR) is 64.1 cm³/mol. The smallest absolute Gasteiger partial charge is 0.347 e. The number of nitrogens with one attached hydrogen (secondary N) is 1. The lowest BCUT2D eigenvalue weighted by atomic mass is 10.4. The average Bonchev–Trinajstić information content (AvgIpc) is 2.72. The zero-order valence-corrected chi connectivity index (χ0v) is 10.2. The molecular formula is C9H7ClN4O2S. The molecule has 2 rings (SSSR count). The number of nitrogens with zero attached hydrogens (tertiary/aromatic N) is 3. The number of hydrogen-bond donors (Lipinski definition) is 2. The number of carboxylic acid groups (broad SMARTS) is 1. The van der Waals surface area contributed by atoms with E-state index < -0.39 is 5.97 Å². The number of halogens is 1. The van der Waals surface area contributed by atoms with Crippen molar-refractivity contribution in [3.8, 4) is 0 Å². The molecule has 0 bridgehead atoms. The normalized spacial score (nSPS) is 10.2. The van der Waals surface area contributed by atoms with Crippen LogP contribution in [0.15, 0.2) is 12.4 Å². The molecule has 88 valence electrons. The predicted octanol–water partition coefficient (Wildman–Crippen LogP) is 2.34. The minimum atomic E-state index is -1.01. The molecule has 0 aliphatic carbocycles. The minimum Gasteiger partial charge on any atom is -0.477 e. The van der Waals surface area contributed by atoms with E-state index in [4.69, 9.17) is 16.7 Å². The summed E-state index contributed by atoms with van der Waals surface area (Å²) in [5.74, 6) is -0.679. The molecular weight excluding hydrogens is 264 g/mol. The van der Waals surface area contributed by atoms with Crippen molar-refractivity contribution in [2.75, 3.05) is 5.32 Å². The number of aryl methyl sites for hydroxylation is 1. The van der Waals surface area contributed by atoms with Crippen LogP contribution in [0.1, 0.15) is 15.4 Å². The Bertz CT molecular complexity index is 572. The SMILES string of the molecule is Cc1nc(Nc2ncc(C(=O)O)s2)ncc1Cl. The second kappa shape index (κ2) is 4.64. The molecule has 0 radical (unpaired) electrons. The lowest BCUT2D eigenvalue weighted by Gasteiger charge is -2.01. The van der Waals surface area contributed by atoms with Crippen LogP contribution < -0.4 is 5.32 Å². The van der Waals surface area contributed by atoms with Crippen molar-refractivity contribution in [3.05, 3.63) is 28.0 Å². The highest BCUT2D eigenvalue weighted by molar-refractivity contribution is 7.17. The molecule has 0 atom stereocenters. The third-order valence-corrected chi connectivity index (χ3v) is 3.13. The van der Waals surface area contributed by atoms with Gasteiger partial charge in [0.05, 0.1) is 23.1 Å². The van der Waals surface area contributed by atoms with Gasteiger partial charge in [0, 0.05) is 0 Å². The Morgan fingerprint density at radius 1 is 1.47 bits per heavy atom. The lowest BCUT2D eigenvalue weighted by Crippen LogP contribution is -1.97. The van der Waals surface area contributed by atoms with E-state index >= 15 is 0 Å². The molecule has 0 aliphatic rings. The molecule has 0 unspecified atom stereocenters. The number of aromatic carboxylic acids is 1. The Labute approximate surface area is 105 Å². The van der Waals surface area contributed by atoms with E-state index in [1.165, 1.54) is 12.4 Å². The first-order chi connectivity index (χ1) is 8.06. The van der Waals surface area contributed by atoms with Crippen LogP contribution in [-0.2, 0) is 0 Å². The second-order valence-electron chi connectivity index (χ2n) is 3.09. The van der Waals surface area contributed by atoms with Crippen LogP contribution in [0.5, 0.6) is 0 Å². The second-order valence-corrected chi connectivity index (χ2v) is 4.52. The molecule has 0 saturated heterocycles. The Morgan fingerprint density at radius 2 is 2.24 bits per heavy atom. The number of rotatable bonds is 3. The third-order valence-electron chi connectivity index (χ3n) is 1.85.